The van der Waals surface area contributed by atoms with Gasteiger partial charge in [-0.25, -0.2) is 4.98 Å². The lowest BCUT2D eigenvalue weighted by Crippen LogP contribution is -2.31. The normalized spacial score (nSPS) is 21.5. The minimum Gasteiger partial charge on any atom is -0.481 e. The molecule has 1 fully saturated rings. The molecule has 0 saturated carbocycles. The van der Waals surface area contributed by atoms with Gasteiger partial charge in [0, 0.05) is 24.2 Å². The molecule has 0 bridgehead atoms. The Balaban J connectivity index is 1.60. The Morgan fingerprint density at radius 1 is 1.43 bits per heavy atom. The van der Waals surface area contributed by atoms with Gasteiger partial charge >= 0.3 is 5.97 Å². The molecule has 0 amide bonds. The number of carboxylic acids is 1. The first-order valence-electron chi connectivity index (χ1n) is 7.68. The van der Waals surface area contributed by atoms with E-state index in [1.165, 1.54) is 5.56 Å². The van der Waals surface area contributed by atoms with E-state index in [1.54, 1.807) is 11.3 Å². The third-order valence-corrected chi connectivity index (χ3v) is 5.12. The molecule has 0 aliphatic carbocycles. The van der Waals surface area contributed by atoms with Gasteiger partial charge in [0.15, 0.2) is 5.13 Å². The summed E-state index contributed by atoms with van der Waals surface area (Å²) in [6.45, 7) is 5.98. The quantitative estimate of drug-likeness (QED) is 0.878. The van der Waals surface area contributed by atoms with E-state index in [-0.39, 0.29) is 0 Å². The molecule has 1 aliphatic rings. The van der Waals surface area contributed by atoms with Gasteiger partial charge in [0.05, 0.1) is 11.1 Å². The molecular weight excluding hydrogens is 310 g/mol. The number of aryl methyl sites for hydroxylation is 1. The van der Waals surface area contributed by atoms with Gasteiger partial charge in [-0.05, 0) is 38.9 Å². The number of aromatic nitrogens is 1. The highest BCUT2D eigenvalue weighted by molar-refractivity contribution is 7.13. The number of likely N-dealkylation sites (tertiary alicyclic amines) is 1. The Labute approximate surface area is 140 Å². The Kier molecular flexibility index (Phi) is 4.37. The molecule has 3 rings (SSSR count). The fourth-order valence-corrected chi connectivity index (χ4v) is 3.51. The minimum absolute atomic E-state index is 0.584. The number of benzene rings is 1. The molecule has 1 aromatic carbocycles. The highest BCUT2D eigenvalue weighted by Crippen LogP contribution is 2.31. The van der Waals surface area contributed by atoms with Gasteiger partial charge in [0.1, 0.15) is 0 Å². The molecule has 122 valence electrons. The van der Waals surface area contributed by atoms with Gasteiger partial charge in [-0.1, -0.05) is 17.7 Å². The van der Waals surface area contributed by atoms with Crippen LogP contribution in [-0.4, -0.2) is 34.0 Å². The maximum absolute atomic E-state index is 11.3. The highest BCUT2D eigenvalue weighted by atomic mass is 32.1. The maximum atomic E-state index is 11.3. The van der Waals surface area contributed by atoms with Crippen molar-refractivity contribution < 1.29 is 9.90 Å². The number of thiazole rings is 1. The van der Waals surface area contributed by atoms with Crippen molar-refractivity contribution in [3.63, 3.8) is 0 Å². The zero-order valence-electron chi connectivity index (χ0n) is 13.4. The molecular formula is C17H21N3O2S. The zero-order valence-corrected chi connectivity index (χ0v) is 14.2. The average Bonchev–Trinajstić information content (AvgIpc) is 3.10. The van der Waals surface area contributed by atoms with Crippen molar-refractivity contribution in [3.05, 3.63) is 40.9 Å². The summed E-state index contributed by atoms with van der Waals surface area (Å²) in [7, 11) is 0. The molecule has 2 aromatic rings. The summed E-state index contributed by atoms with van der Waals surface area (Å²) in [6, 6.07) is 8.20. The fourth-order valence-electron chi connectivity index (χ4n) is 2.79. The van der Waals surface area contributed by atoms with Crippen LogP contribution in [0.4, 0.5) is 10.8 Å². The summed E-state index contributed by atoms with van der Waals surface area (Å²) >= 11 is 1.57. The molecule has 1 aromatic heterocycles. The van der Waals surface area contributed by atoms with Gasteiger partial charge in [0.25, 0.3) is 0 Å². The number of nitrogens with one attached hydrogen (secondary N) is 1. The summed E-state index contributed by atoms with van der Waals surface area (Å²) in [5.74, 6) is -0.708. The second-order valence-electron chi connectivity index (χ2n) is 6.46. The van der Waals surface area contributed by atoms with E-state index in [2.05, 4.69) is 34.3 Å². The van der Waals surface area contributed by atoms with Crippen molar-refractivity contribution in [3.8, 4) is 0 Å². The first kappa shape index (κ1) is 16.0. The molecule has 6 heteroatoms. The molecule has 1 saturated heterocycles. The first-order valence-corrected chi connectivity index (χ1v) is 8.56. The molecule has 1 unspecified atom stereocenters. The summed E-state index contributed by atoms with van der Waals surface area (Å²) in [4.78, 5) is 18.1. The number of aliphatic carboxylic acids is 1. The lowest BCUT2D eigenvalue weighted by molar-refractivity contribution is -0.147. The van der Waals surface area contributed by atoms with E-state index < -0.39 is 11.4 Å². The monoisotopic (exact) mass is 331 g/mol. The number of hydrogen-bond donors (Lipinski definition) is 2. The van der Waals surface area contributed by atoms with Crippen molar-refractivity contribution in [1.82, 2.24) is 9.88 Å². The lowest BCUT2D eigenvalue weighted by atomic mass is 9.90. The topological polar surface area (TPSA) is 65.5 Å². The van der Waals surface area contributed by atoms with E-state index in [9.17, 15) is 9.90 Å². The Bertz CT molecular complexity index is 698. The van der Waals surface area contributed by atoms with Gasteiger partial charge in [-0.2, -0.15) is 0 Å². The SMILES string of the molecule is Cc1ccc(Nc2nc(CN3CCC(C)(C(=O)O)C3)cs2)cc1. The van der Waals surface area contributed by atoms with E-state index in [1.807, 2.05) is 24.4 Å². The van der Waals surface area contributed by atoms with Crippen LogP contribution in [0.15, 0.2) is 29.6 Å². The molecule has 0 radical (unpaired) electrons. The van der Waals surface area contributed by atoms with Crippen molar-refractivity contribution in [2.75, 3.05) is 18.4 Å². The lowest BCUT2D eigenvalue weighted by Gasteiger charge is -2.19. The van der Waals surface area contributed by atoms with Crippen molar-refractivity contribution >= 4 is 28.1 Å². The van der Waals surface area contributed by atoms with Crippen LogP contribution in [0.25, 0.3) is 0 Å². The third kappa shape index (κ3) is 3.71. The van der Waals surface area contributed by atoms with Crippen LogP contribution in [0.1, 0.15) is 24.6 Å². The second-order valence-corrected chi connectivity index (χ2v) is 7.32. The molecule has 2 heterocycles. The number of rotatable bonds is 5. The van der Waals surface area contributed by atoms with Gasteiger partial charge in [0.2, 0.25) is 0 Å². The molecule has 0 spiro atoms. The Morgan fingerprint density at radius 2 is 2.17 bits per heavy atom. The van der Waals surface area contributed by atoms with Crippen molar-refractivity contribution in [1.29, 1.82) is 0 Å². The molecule has 1 aliphatic heterocycles. The summed E-state index contributed by atoms with van der Waals surface area (Å²) < 4.78 is 0. The maximum Gasteiger partial charge on any atom is 0.310 e. The first-order chi connectivity index (χ1) is 10.9. The number of carbonyl (C=O) groups is 1. The second kappa shape index (κ2) is 6.29. The molecule has 2 N–H and O–H groups in total. The smallest absolute Gasteiger partial charge is 0.310 e. The number of hydrogen-bond acceptors (Lipinski definition) is 5. The van der Waals surface area contributed by atoms with Gasteiger partial charge < -0.3 is 10.4 Å². The van der Waals surface area contributed by atoms with E-state index >= 15 is 0 Å². The van der Waals surface area contributed by atoms with Crippen LogP contribution in [-0.2, 0) is 11.3 Å². The minimum atomic E-state index is -0.708. The predicted molar refractivity (Wildman–Crippen MR) is 92.2 cm³/mol. The Hall–Kier alpha value is -1.92. The Morgan fingerprint density at radius 3 is 2.83 bits per heavy atom. The predicted octanol–water partition coefficient (Wildman–Crippen LogP) is 3.49. The average molecular weight is 331 g/mol. The van der Waals surface area contributed by atoms with E-state index in [4.69, 9.17) is 0 Å². The van der Waals surface area contributed by atoms with E-state index in [0.29, 0.717) is 19.5 Å². The van der Waals surface area contributed by atoms with Gasteiger partial charge in [-0.15, -0.1) is 11.3 Å². The number of carboxylic acid groups (broad SMARTS) is 1. The summed E-state index contributed by atoms with van der Waals surface area (Å²) in [6.07, 6.45) is 0.695. The van der Waals surface area contributed by atoms with Gasteiger partial charge in [-0.3, -0.25) is 9.69 Å². The van der Waals surface area contributed by atoms with Crippen molar-refractivity contribution in [2.45, 2.75) is 26.8 Å². The van der Waals surface area contributed by atoms with Crippen LogP contribution < -0.4 is 5.32 Å². The zero-order chi connectivity index (χ0) is 16.4. The summed E-state index contributed by atoms with van der Waals surface area (Å²) in [5.41, 5.74) is 2.61. The third-order valence-electron chi connectivity index (χ3n) is 4.31. The molecule has 23 heavy (non-hydrogen) atoms. The van der Waals surface area contributed by atoms with Crippen LogP contribution in [0, 0.1) is 12.3 Å². The van der Waals surface area contributed by atoms with Crippen LogP contribution in [0.3, 0.4) is 0 Å². The number of anilines is 2. The van der Waals surface area contributed by atoms with Crippen LogP contribution >= 0.6 is 11.3 Å². The van der Waals surface area contributed by atoms with Crippen molar-refractivity contribution in [2.24, 2.45) is 5.41 Å². The largest absolute Gasteiger partial charge is 0.481 e. The van der Waals surface area contributed by atoms with Crippen LogP contribution in [0.5, 0.6) is 0 Å². The molecule has 5 nitrogen and oxygen atoms in total. The number of nitrogens with zero attached hydrogens (tertiary/aromatic N) is 2. The highest BCUT2D eigenvalue weighted by Gasteiger charge is 2.40. The standard InChI is InChI=1S/C17H21N3O2S/c1-12-3-5-13(6-4-12)18-16-19-14(10-23-16)9-20-8-7-17(2,11-20)15(21)22/h3-6,10H,7-9,11H2,1-2H3,(H,18,19)(H,21,22). The summed E-state index contributed by atoms with van der Waals surface area (Å²) in [5, 5.41) is 15.5. The van der Waals surface area contributed by atoms with Crippen LogP contribution in [0.2, 0.25) is 0 Å². The van der Waals surface area contributed by atoms with E-state index in [0.717, 1.165) is 23.1 Å². The molecule has 1 atom stereocenters. The fraction of sp³-hybridized carbons (Fsp3) is 0.412.